The summed E-state index contributed by atoms with van der Waals surface area (Å²) in [6.07, 6.45) is 0. The standard InChI is InChI=1S/C15H18N4OS/c1-10(2)15-17-13(18-20-15)8-19(3)9-14-16-11-6-4-5-7-12(11)21-14/h4-7,10H,8-9H2,1-3H3. The lowest BCUT2D eigenvalue weighted by atomic mass is 10.2. The van der Waals surface area contributed by atoms with Crippen molar-refractivity contribution in [2.24, 2.45) is 0 Å². The first kappa shape index (κ1) is 14.2. The fraction of sp³-hybridized carbons (Fsp3) is 0.400. The van der Waals surface area contributed by atoms with Crippen molar-refractivity contribution < 1.29 is 4.52 Å². The fourth-order valence-corrected chi connectivity index (χ4v) is 3.13. The van der Waals surface area contributed by atoms with E-state index in [0.29, 0.717) is 12.4 Å². The van der Waals surface area contributed by atoms with Gasteiger partial charge in [-0.15, -0.1) is 11.3 Å². The fourth-order valence-electron chi connectivity index (χ4n) is 2.08. The Morgan fingerprint density at radius 1 is 1.19 bits per heavy atom. The molecule has 0 aliphatic rings. The van der Waals surface area contributed by atoms with Gasteiger partial charge in [-0.1, -0.05) is 31.1 Å². The van der Waals surface area contributed by atoms with Crippen molar-refractivity contribution in [2.45, 2.75) is 32.9 Å². The van der Waals surface area contributed by atoms with E-state index in [1.165, 1.54) is 4.70 Å². The lowest BCUT2D eigenvalue weighted by Crippen LogP contribution is -2.18. The van der Waals surface area contributed by atoms with Gasteiger partial charge in [-0.05, 0) is 19.2 Å². The summed E-state index contributed by atoms with van der Waals surface area (Å²) in [5.41, 5.74) is 1.06. The molecule has 0 radical (unpaired) electrons. The van der Waals surface area contributed by atoms with Gasteiger partial charge in [-0.2, -0.15) is 4.98 Å². The first-order valence-corrected chi connectivity index (χ1v) is 7.79. The molecule has 0 amide bonds. The van der Waals surface area contributed by atoms with Crippen LogP contribution in [0, 0.1) is 0 Å². The SMILES string of the molecule is CC(C)c1nc(CN(C)Cc2nc3ccccc3s2)no1. The molecular weight excluding hydrogens is 284 g/mol. The molecule has 0 N–H and O–H groups in total. The van der Waals surface area contributed by atoms with Gasteiger partial charge in [0.15, 0.2) is 5.82 Å². The van der Waals surface area contributed by atoms with E-state index in [2.05, 4.69) is 26.1 Å². The second kappa shape index (κ2) is 5.91. The van der Waals surface area contributed by atoms with Crippen LogP contribution in [0.1, 0.15) is 36.5 Å². The lowest BCUT2D eigenvalue weighted by Gasteiger charge is -2.11. The second-order valence-corrected chi connectivity index (χ2v) is 6.57. The van der Waals surface area contributed by atoms with Crippen LogP contribution in [-0.4, -0.2) is 27.1 Å². The molecule has 0 fully saturated rings. The number of hydrogen-bond donors (Lipinski definition) is 0. The van der Waals surface area contributed by atoms with Gasteiger partial charge in [0.2, 0.25) is 5.89 Å². The van der Waals surface area contributed by atoms with Crippen molar-refractivity contribution in [3.05, 3.63) is 41.0 Å². The van der Waals surface area contributed by atoms with Gasteiger partial charge in [0.25, 0.3) is 0 Å². The topological polar surface area (TPSA) is 55.1 Å². The Kier molecular flexibility index (Phi) is 3.98. The van der Waals surface area contributed by atoms with E-state index in [1.54, 1.807) is 11.3 Å². The normalized spacial score (nSPS) is 11.9. The predicted molar refractivity (Wildman–Crippen MR) is 83.2 cm³/mol. The Morgan fingerprint density at radius 2 is 2.00 bits per heavy atom. The number of hydrogen-bond acceptors (Lipinski definition) is 6. The maximum Gasteiger partial charge on any atom is 0.229 e. The van der Waals surface area contributed by atoms with Crippen LogP contribution in [0.5, 0.6) is 0 Å². The number of para-hydroxylation sites is 1. The van der Waals surface area contributed by atoms with Crippen molar-refractivity contribution >= 4 is 21.6 Å². The molecule has 2 heterocycles. The van der Waals surface area contributed by atoms with Crippen LogP contribution in [0.15, 0.2) is 28.8 Å². The molecule has 0 unspecified atom stereocenters. The molecule has 0 aliphatic heterocycles. The van der Waals surface area contributed by atoms with E-state index >= 15 is 0 Å². The predicted octanol–water partition coefficient (Wildman–Crippen LogP) is 3.43. The van der Waals surface area contributed by atoms with Crippen LogP contribution in [0.25, 0.3) is 10.2 Å². The van der Waals surface area contributed by atoms with Gasteiger partial charge in [0.05, 0.1) is 23.3 Å². The molecular formula is C15H18N4OS. The van der Waals surface area contributed by atoms with Gasteiger partial charge in [-0.3, -0.25) is 4.90 Å². The summed E-state index contributed by atoms with van der Waals surface area (Å²) < 4.78 is 6.45. The molecule has 0 saturated carbocycles. The smallest absolute Gasteiger partial charge is 0.229 e. The van der Waals surface area contributed by atoms with Crippen molar-refractivity contribution in [3.63, 3.8) is 0 Å². The molecule has 21 heavy (non-hydrogen) atoms. The average molecular weight is 302 g/mol. The molecule has 0 bridgehead atoms. The highest BCUT2D eigenvalue weighted by atomic mass is 32.1. The van der Waals surface area contributed by atoms with Crippen LogP contribution in [-0.2, 0) is 13.1 Å². The van der Waals surface area contributed by atoms with E-state index in [9.17, 15) is 0 Å². The molecule has 0 aliphatic carbocycles. The van der Waals surface area contributed by atoms with Crippen LogP contribution in [0.4, 0.5) is 0 Å². The Balaban J connectivity index is 1.66. The van der Waals surface area contributed by atoms with Crippen LogP contribution in [0.3, 0.4) is 0 Å². The van der Waals surface area contributed by atoms with Gasteiger partial charge in [0, 0.05) is 5.92 Å². The van der Waals surface area contributed by atoms with Crippen LogP contribution >= 0.6 is 11.3 Å². The van der Waals surface area contributed by atoms with E-state index in [4.69, 9.17) is 4.52 Å². The number of thiazole rings is 1. The maximum atomic E-state index is 5.22. The highest BCUT2D eigenvalue weighted by Crippen LogP contribution is 2.22. The first-order chi connectivity index (χ1) is 10.1. The zero-order valence-electron chi connectivity index (χ0n) is 12.4. The highest BCUT2D eigenvalue weighted by Gasteiger charge is 2.13. The summed E-state index contributed by atoms with van der Waals surface area (Å²) in [5, 5.41) is 5.12. The van der Waals surface area contributed by atoms with Crippen molar-refractivity contribution in [1.82, 2.24) is 20.0 Å². The minimum absolute atomic E-state index is 0.265. The molecule has 1 aromatic carbocycles. The highest BCUT2D eigenvalue weighted by molar-refractivity contribution is 7.18. The molecule has 6 heteroatoms. The summed E-state index contributed by atoms with van der Waals surface area (Å²) in [6.45, 7) is 5.53. The summed E-state index contributed by atoms with van der Waals surface area (Å²) in [6, 6.07) is 8.21. The Hall–Kier alpha value is -1.79. The molecule has 110 valence electrons. The second-order valence-electron chi connectivity index (χ2n) is 5.45. The number of aromatic nitrogens is 3. The molecule has 3 rings (SSSR count). The molecule has 5 nitrogen and oxygen atoms in total. The molecule has 2 aromatic heterocycles. The van der Waals surface area contributed by atoms with Crippen LogP contribution < -0.4 is 0 Å². The van der Waals surface area contributed by atoms with E-state index < -0.39 is 0 Å². The van der Waals surface area contributed by atoms with E-state index in [0.717, 1.165) is 22.9 Å². The summed E-state index contributed by atoms with van der Waals surface area (Å²) in [7, 11) is 2.04. The summed E-state index contributed by atoms with van der Waals surface area (Å²) >= 11 is 1.73. The Labute approximate surface area is 127 Å². The van der Waals surface area contributed by atoms with E-state index in [1.807, 2.05) is 39.1 Å². The molecule has 0 atom stereocenters. The number of rotatable bonds is 5. The van der Waals surface area contributed by atoms with Gasteiger partial charge < -0.3 is 4.52 Å². The largest absolute Gasteiger partial charge is 0.339 e. The molecule has 0 spiro atoms. The van der Waals surface area contributed by atoms with Crippen molar-refractivity contribution in [1.29, 1.82) is 0 Å². The Bertz CT molecular complexity index is 701. The number of fused-ring (bicyclic) bond motifs is 1. The third kappa shape index (κ3) is 3.28. The summed E-state index contributed by atoms with van der Waals surface area (Å²) in [4.78, 5) is 11.2. The third-order valence-electron chi connectivity index (χ3n) is 3.13. The minimum atomic E-state index is 0.265. The van der Waals surface area contributed by atoms with Gasteiger partial charge >= 0.3 is 0 Å². The zero-order valence-corrected chi connectivity index (χ0v) is 13.2. The van der Waals surface area contributed by atoms with Gasteiger partial charge in [-0.25, -0.2) is 4.98 Å². The van der Waals surface area contributed by atoms with Gasteiger partial charge in [0.1, 0.15) is 5.01 Å². The molecule has 3 aromatic rings. The van der Waals surface area contributed by atoms with Crippen molar-refractivity contribution in [2.75, 3.05) is 7.05 Å². The molecule has 0 saturated heterocycles. The Morgan fingerprint density at radius 3 is 2.71 bits per heavy atom. The number of nitrogens with zero attached hydrogens (tertiary/aromatic N) is 4. The maximum absolute atomic E-state index is 5.22. The number of benzene rings is 1. The minimum Gasteiger partial charge on any atom is -0.339 e. The summed E-state index contributed by atoms with van der Waals surface area (Å²) in [5.74, 6) is 1.68. The zero-order chi connectivity index (χ0) is 14.8. The van der Waals surface area contributed by atoms with Crippen LogP contribution in [0.2, 0.25) is 0 Å². The van der Waals surface area contributed by atoms with E-state index in [-0.39, 0.29) is 5.92 Å². The first-order valence-electron chi connectivity index (χ1n) is 6.97. The monoisotopic (exact) mass is 302 g/mol. The third-order valence-corrected chi connectivity index (χ3v) is 4.15. The average Bonchev–Trinajstić information content (AvgIpc) is 3.04. The van der Waals surface area contributed by atoms with Crippen molar-refractivity contribution in [3.8, 4) is 0 Å². The lowest BCUT2D eigenvalue weighted by molar-refractivity contribution is 0.298. The quantitative estimate of drug-likeness (QED) is 0.722.